The van der Waals surface area contributed by atoms with Crippen molar-refractivity contribution in [2.45, 2.75) is 77.1 Å². The first-order valence-electron chi connectivity index (χ1n) is 11.2. The van der Waals surface area contributed by atoms with E-state index in [0.717, 1.165) is 43.8 Å². The van der Waals surface area contributed by atoms with Gasteiger partial charge in [0, 0.05) is 12.8 Å². The molecule has 0 radical (unpaired) electrons. The average Bonchev–Trinajstić information content (AvgIpc) is 3.25. The fraction of sp³-hybridized carbons (Fsp3) is 0.913. The van der Waals surface area contributed by atoms with Crippen molar-refractivity contribution in [2.24, 2.45) is 28.6 Å². The summed E-state index contributed by atoms with van der Waals surface area (Å²) < 4.78 is 18.2. The number of allylic oxidation sites excluding steroid dienone is 1. The van der Waals surface area contributed by atoms with Gasteiger partial charge in [-0.05, 0) is 67.1 Å². The lowest BCUT2D eigenvalue weighted by Crippen LogP contribution is -2.53. The van der Waals surface area contributed by atoms with Crippen molar-refractivity contribution in [1.82, 2.24) is 0 Å². The second-order valence-corrected chi connectivity index (χ2v) is 10.2. The topological polar surface area (TPSA) is 47.9 Å². The molecule has 0 aromatic rings. The lowest BCUT2D eigenvalue weighted by molar-refractivity contribution is -0.186. The van der Waals surface area contributed by atoms with Crippen molar-refractivity contribution in [3.63, 3.8) is 0 Å². The molecule has 5 aliphatic rings. The maximum absolute atomic E-state index is 9.19. The summed E-state index contributed by atoms with van der Waals surface area (Å²) in [5, 5.41) is 9.19. The summed E-state index contributed by atoms with van der Waals surface area (Å²) in [6, 6.07) is 0. The molecule has 4 heteroatoms. The Kier molecular flexibility index (Phi) is 4.51. The Hall–Kier alpha value is -0.420. The van der Waals surface area contributed by atoms with Gasteiger partial charge < -0.3 is 19.3 Å². The van der Waals surface area contributed by atoms with Crippen LogP contribution in [0.15, 0.2) is 11.6 Å². The molecule has 0 aromatic carbocycles. The van der Waals surface area contributed by atoms with Gasteiger partial charge in [0.15, 0.2) is 5.79 Å². The van der Waals surface area contributed by atoms with Crippen LogP contribution in [0.2, 0.25) is 0 Å². The van der Waals surface area contributed by atoms with Crippen LogP contribution in [0.25, 0.3) is 0 Å². The van der Waals surface area contributed by atoms with Gasteiger partial charge in [0.1, 0.15) is 0 Å². The zero-order valence-electron chi connectivity index (χ0n) is 17.0. The van der Waals surface area contributed by atoms with Gasteiger partial charge in [0.2, 0.25) is 0 Å². The number of fused-ring (bicyclic) bond motifs is 5. The van der Waals surface area contributed by atoms with E-state index in [1.807, 2.05) is 0 Å². The first kappa shape index (κ1) is 18.6. The zero-order chi connectivity index (χ0) is 18.7. The molecule has 1 aliphatic heterocycles. The van der Waals surface area contributed by atoms with Gasteiger partial charge in [-0.1, -0.05) is 25.5 Å². The monoisotopic (exact) mass is 376 g/mol. The van der Waals surface area contributed by atoms with E-state index < -0.39 is 0 Å². The molecule has 1 heterocycles. The van der Waals surface area contributed by atoms with E-state index in [4.69, 9.17) is 14.2 Å². The van der Waals surface area contributed by atoms with Crippen molar-refractivity contribution >= 4 is 0 Å². The van der Waals surface area contributed by atoms with Crippen molar-refractivity contribution in [3.8, 4) is 0 Å². The molecule has 0 bridgehead atoms. The minimum atomic E-state index is -0.308. The molecule has 1 saturated heterocycles. The van der Waals surface area contributed by atoms with Crippen molar-refractivity contribution < 1.29 is 19.3 Å². The molecule has 6 atom stereocenters. The van der Waals surface area contributed by atoms with E-state index in [-0.39, 0.29) is 12.4 Å². The molecule has 27 heavy (non-hydrogen) atoms. The van der Waals surface area contributed by atoms with Crippen LogP contribution in [0.1, 0.15) is 65.2 Å². The van der Waals surface area contributed by atoms with Crippen molar-refractivity contribution in [2.75, 3.05) is 26.4 Å². The Labute approximate surface area is 163 Å². The van der Waals surface area contributed by atoms with Crippen LogP contribution >= 0.6 is 0 Å². The highest BCUT2D eigenvalue weighted by Gasteiger charge is 2.60. The second-order valence-electron chi connectivity index (χ2n) is 10.2. The molecule has 0 amide bonds. The molecule has 4 aliphatic carbocycles. The van der Waals surface area contributed by atoms with Crippen LogP contribution in [-0.2, 0) is 14.2 Å². The standard InChI is InChI=1S/C23H36O4/c1-21-9-10-23(26-13-14-27-23)15-16(21)3-4-17-18-5-6-20(25-12-11-24)22(18,2)8-7-19(17)21/h3,17-20,24H,4-15H2,1-2H3. The minimum absolute atomic E-state index is 0.138. The third-order valence-electron chi connectivity index (χ3n) is 9.25. The third kappa shape index (κ3) is 2.70. The Morgan fingerprint density at radius 2 is 1.89 bits per heavy atom. The lowest BCUT2D eigenvalue weighted by Gasteiger charge is -2.58. The summed E-state index contributed by atoms with van der Waals surface area (Å²) in [4.78, 5) is 0. The zero-order valence-corrected chi connectivity index (χ0v) is 17.0. The minimum Gasteiger partial charge on any atom is -0.394 e. The Morgan fingerprint density at radius 1 is 1.07 bits per heavy atom. The molecule has 0 aromatic heterocycles. The largest absolute Gasteiger partial charge is 0.394 e. The highest BCUT2D eigenvalue weighted by molar-refractivity contribution is 5.26. The van der Waals surface area contributed by atoms with Crippen molar-refractivity contribution in [3.05, 3.63) is 11.6 Å². The SMILES string of the molecule is CC12CCC3(CC1=CCC1C2CCC2(C)C(OCCO)CCC12)OCCO3. The number of hydrogen-bond acceptors (Lipinski definition) is 4. The van der Waals surface area contributed by atoms with E-state index in [1.54, 1.807) is 5.57 Å². The lowest BCUT2D eigenvalue weighted by atomic mass is 9.47. The van der Waals surface area contributed by atoms with Crippen LogP contribution in [0.4, 0.5) is 0 Å². The highest BCUT2D eigenvalue weighted by Crippen LogP contribution is 2.66. The summed E-state index contributed by atoms with van der Waals surface area (Å²) >= 11 is 0. The fourth-order valence-corrected chi connectivity index (χ4v) is 7.77. The van der Waals surface area contributed by atoms with Crippen LogP contribution in [0, 0.1) is 28.6 Å². The summed E-state index contributed by atoms with van der Waals surface area (Å²) in [7, 11) is 0. The predicted octanol–water partition coefficient (Wildman–Crippen LogP) is 4.07. The molecule has 6 unspecified atom stereocenters. The quantitative estimate of drug-likeness (QED) is 0.755. The number of rotatable bonds is 3. The van der Waals surface area contributed by atoms with Gasteiger partial charge >= 0.3 is 0 Å². The normalized spacial score (nSPS) is 48.0. The van der Waals surface area contributed by atoms with Gasteiger partial charge in [0.05, 0.1) is 32.5 Å². The van der Waals surface area contributed by atoms with E-state index in [2.05, 4.69) is 19.9 Å². The smallest absolute Gasteiger partial charge is 0.172 e. The maximum Gasteiger partial charge on any atom is 0.172 e. The van der Waals surface area contributed by atoms with E-state index in [0.29, 0.717) is 23.5 Å². The van der Waals surface area contributed by atoms with E-state index in [9.17, 15) is 5.11 Å². The number of aliphatic hydroxyl groups is 1. The molecule has 5 rings (SSSR count). The number of aliphatic hydroxyl groups excluding tert-OH is 1. The summed E-state index contributed by atoms with van der Waals surface area (Å²) in [5.74, 6) is 2.05. The van der Waals surface area contributed by atoms with Crippen LogP contribution < -0.4 is 0 Å². The van der Waals surface area contributed by atoms with Gasteiger partial charge in [0.25, 0.3) is 0 Å². The second kappa shape index (κ2) is 6.55. The predicted molar refractivity (Wildman–Crippen MR) is 103 cm³/mol. The van der Waals surface area contributed by atoms with Gasteiger partial charge in [-0.25, -0.2) is 0 Å². The third-order valence-corrected chi connectivity index (χ3v) is 9.25. The Bertz CT molecular complexity index is 609. The van der Waals surface area contributed by atoms with Crippen molar-refractivity contribution in [1.29, 1.82) is 0 Å². The molecule has 152 valence electrons. The fourth-order valence-electron chi connectivity index (χ4n) is 7.77. The number of hydrogen-bond donors (Lipinski definition) is 1. The Morgan fingerprint density at radius 3 is 2.67 bits per heavy atom. The first-order chi connectivity index (χ1) is 13.0. The summed E-state index contributed by atoms with van der Waals surface area (Å²) in [6.45, 7) is 7.15. The van der Waals surface area contributed by atoms with E-state index in [1.165, 1.54) is 38.5 Å². The van der Waals surface area contributed by atoms with Gasteiger partial charge in [-0.3, -0.25) is 0 Å². The highest BCUT2D eigenvalue weighted by atomic mass is 16.7. The summed E-state index contributed by atoms with van der Waals surface area (Å²) in [5.41, 5.74) is 2.24. The number of ether oxygens (including phenoxy) is 3. The molecule has 1 spiro atoms. The maximum atomic E-state index is 9.19. The summed E-state index contributed by atoms with van der Waals surface area (Å²) in [6.07, 6.45) is 12.4. The molecular weight excluding hydrogens is 340 g/mol. The van der Waals surface area contributed by atoms with Crippen LogP contribution in [0.3, 0.4) is 0 Å². The van der Waals surface area contributed by atoms with Gasteiger partial charge in [-0.15, -0.1) is 0 Å². The molecule has 1 N–H and O–H groups in total. The Balaban J connectivity index is 1.39. The molecule has 4 nitrogen and oxygen atoms in total. The average molecular weight is 377 g/mol. The first-order valence-corrected chi connectivity index (χ1v) is 11.2. The van der Waals surface area contributed by atoms with E-state index >= 15 is 0 Å². The molecule has 4 fully saturated rings. The van der Waals surface area contributed by atoms with Crippen LogP contribution in [-0.4, -0.2) is 43.4 Å². The molecular formula is C23H36O4. The van der Waals surface area contributed by atoms with Gasteiger partial charge in [-0.2, -0.15) is 0 Å². The molecule has 3 saturated carbocycles. The van der Waals surface area contributed by atoms with Crippen LogP contribution in [0.5, 0.6) is 0 Å².